The Bertz CT molecular complexity index is 468. The molecule has 6 heteroatoms. The van der Waals surface area contributed by atoms with Gasteiger partial charge in [-0.25, -0.2) is 0 Å². The number of hydrogen-bond donors (Lipinski definition) is 0. The lowest BCUT2D eigenvalue weighted by Crippen LogP contribution is -2.35. The van der Waals surface area contributed by atoms with Crippen LogP contribution in [0.5, 0.6) is 0 Å². The zero-order valence-corrected chi connectivity index (χ0v) is 14.8. The maximum absolute atomic E-state index is 12.4. The van der Waals surface area contributed by atoms with Crippen molar-refractivity contribution in [2.24, 2.45) is 11.8 Å². The molecule has 0 saturated heterocycles. The zero-order valence-electron chi connectivity index (χ0n) is 14.8. The molecular weight excluding hydrogens is 312 g/mol. The van der Waals surface area contributed by atoms with Gasteiger partial charge in [-0.1, -0.05) is 26.7 Å². The predicted octanol–water partition coefficient (Wildman–Crippen LogP) is 3.15. The second-order valence-electron chi connectivity index (χ2n) is 5.96. The second kappa shape index (κ2) is 10.8. The van der Waals surface area contributed by atoms with Crippen LogP contribution in [0.3, 0.4) is 0 Å². The number of unbranched alkanes of at least 4 members (excludes halogenated alkanes) is 2. The van der Waals surface area contributed by atoms with Gasteiger partial charge in [-0.3, -0.25) is 14.4 Å². The third-order valence-corrected chi connectivity index (χ3v) is 3.87. The van der Waals surface area contributed by atoms with E-state index < -0.39 is 23.8 Å². The summed E-state index contributed by atoms with van der Waals surface area (Å²) >= 11 is 0. The SMILES string of the molecule is CCCCOC(=O)C1CC=C(OC(C)=O)CC1C(=O)OCCCC. The van der Waals surface area contributed by atoms with Gasteiger partial charge in [0.1, 0.15) is 5.76 Å². The summed E-state index contributed by atoms with van der Waals surface area (Å²) in [5.41, 5.74) is 0. The highest BCUT2D eigenvalue weighted by molar-refractivity contribution is 5.83. The smallest absolute Gasteiger partial charge is 0.310 e. The van der Waals surface area contributed by atoms with Crippen LogP contribution in [-0.2, 0) is 28.6 Å². The number of carbonyl (C=O) groups excluding carboxylic acids is 3. The van der Waals surface area contributed by atoms with E-state index in [4.69, 9.17) is 14.2 Å². The van der Waals surface area contributed by atoms with Gasteiger partial charge in [0.05, 0.1) is 25.0 Å². The standard InChI is InChI=1S/C18H28O6/c1-4-6-10-22-17(20)15-9-8-14(24-13(3)19)12-16(15)18(21)23-11-7-5-2/h8,15-16H,4-7,9-12H2,1-3H3. The minimum Gasteiger partial charge on any atom is -0.465 e. The van der Waals surface area contributed by atoms with Gasteiger partial charge in [0, 0.05) is 13.3 Å². The highest BCUT2D eigenvalue weighted by Gasteiger charge is 2.39. The molecule has 1 rings (SSSR count). The molecule has 0 spiro atoms. The molecule has 0 N–H and O–H groups in total. The largest absolute Gasteiger partial charge is 0.465 e. The van der Waals surface area contributed by atoms with Crippen molar-refractivity contribution in [3.63, 3.8) is 0 Å². The van der Waals surface area contributed by atoms with Gasteiger partial charge < -0.3 is 14.2 Å². The molecule has 0 fully saturated rings. The van der Waals surface area contributed by atoms with Gasteiger partial charge in [-0.05, 0) is 25.3 Å². The van der Waals surface area contributed by atoms with E-state index in [9.17, 15) is 14.4 Å². The van der Waals surface area contributed by atoms with Crippen molar-refractivity contribution < 1.29 is 28.6 Å². The van der Waals surface area contributed by atoms with E-state index in [2.05, 4.69) is 0 Å². The number of esters is 3. The Morgan fingerprint density at radius 1 is 1.00 bits per heavy atom. The van der Waals surface area contributed by atoms with Crippen molar-refractivity contribution in [1.29, 1.82) is 0 Å². The van der Waals surface area contributed by atoms with Crippen LogP contribution in [0.15, 0.2) is 11.8 Å². The van der Waals surface area contributed by atoms with Crippen molar-refractivity contribution in [2.45, 2.75) is 59.3 Å². The Balaban J connectivity index is 2.76. The van der Waals surface area contributed by atoms with Crippen molar-refractivity contribution in [1.82, 2.24) is 0 Å². The Kier molecular flexibility index (Phi) is 9.12. The molecule has 2 unspecified atom stereocenters. The minimum absolute atomic E-state index is 0.179. The summed E-state index contributed by atoms with van der Waals surface area (Å²) in [5.74, 6) is -2.11. The lowest BCUT2D eigenvalue weighted by molar-refractivity contribution is -0.162. The molecule has 1 aliphatic carbocycles. The van der Waals surface area contributed by atoms with Crippen LogP contribution in [0.25, 0.3) is 0 Å². The molecule has 136 valence electrons. The molecule has 0 bridgehead atoms. The molecule has 0 aromatic heterocycles. The van der Waals surface area contributed by atoms with E-state index in [0.29, 0.717) is 25.4 Å². The molecule has 0 aromatic carbocycles. The molecule has 1 aliphatic rings. The van der Waals surface area contributed by atoms with Crippen LogP contribution in [0.2, 0.25) is 0 Å². The summed E-state index contributed by atoms with van der Waals surface area (Å²) in [4.78, 5) is 35.7. The van der Waals surface area contributed by atoms with Crippen LogP contribution in [0.4, 0.5) is 0 Å². The van der Waals surface area contributed by atoms with E-state index in [0.717, 1.165) is 25.7 Å². The first-order chi connectivity index (χ1) is 11.5. The molecule has 0 radical (unpaired) electrons. The van der Waals surface area contributed by atoms with E-state index in [1.807, 2.05) is 13.8 Å². The summed E-state index contributed by atoms with van der Waals surface area (Å²) in [6, 6.07) is 0. The minimum atomic E-state index is -0.671. The van der Waals surface area contributed by atoms with Gasteiger partial charge in [0.15, 0.2) is 0 Å². The van der Waals surface area contributed by atoms with Crippen molar-refractivity contribution >= 4 is 17.9 Å². The fourth-order valence-corrected chi connectivity index (χ4v) is 2.49. The maximum Gasteiger partial charge on any atom is 0.310 e. The van der Waals surface area contributed by atoms with Crippen LogP contribution in [-0.4, -0.2) is 31.1 Å². The van der Waals surface area contributed by atoms with E-state index >= 15 is 0 Å². The Hall–Kier alpha value is -1.85. The van der Waals surface area contributed by atoms with Crippen LogP contribution in [0.1, 0.15) is 59.3 Å². The van der Waals surface area contributed by atoms with Gasteiger partial charge in [0.2, 0.25) is 0 Å². The van der Waals surface area contributed by atoms with E-state index in [1.165, 1.54) is 6.92 Å². The highest BCUT2D eigenvalue weighted by Crippen LogP contribution is 2.32. The quantitative estimate of drug-likeness (QED) is 0.364. The number of allylic oxidation sites excluding steroid dienone is 2. The third kappa shape index (κ3) is 6.72. The molecular formula is C18H28O6. The summed E-state index contributed by atoms with van der Waals surface area (Å²) < 4.78 is 15.6. The molecule has 0 heterocycles. The second-order valence-corrected chi connectivity index (χ2v) is 5.96. The molecule has 24 heavy (non-hydrogen) atoms. The molecule has 0 saturated carbocycles. The fraction of sp³-hybridized carbons (Fsp3) is 0.722. The zero-order chi connectivity index (χ0) is 17.9. The third-order valence-electron chi connectivity index (χ3n) is 3.87. The Morgan fingerprint density at radius 2 is 1.54 bits per heavy atom. The number of carbonyl (C=O) groups is 3. The lowest BCUT2D eigenvalue weighted by atomic mass is 9.82. The molecule has 0 aliphatic heterocycles. The molecule has 2 atom stereocenters. The van der Waals surface area contributed by atoms with Crippen LogP contribution in [0, 0.1) is 11.8 Å². The topological polar surface area (TPSA) is 78.9 Å². The number of hydrogen-bond acceptors (Lipinski definition) is 6. The Morgan fingerprint density at radius 3 is 2.04 bits per heavy atom. The van der Waals surface area contributed by atoms with Crippen molar-refractivity contribution in [3.8, 4) is 0 Å². The average molecular weight is 340 g/mol. The first-order valence-electron chi connectivity index (χ1n) is 8.70. The van der Waals surface area contributed by atoms with Crippen LogP contribution < -0.4 is 0 Å². The maximum atomic E-state index is 12.4. The average Bonchev–Trinajstić information content (AvgIpc) is 2.54. The first-order valence-corrected chi connectivity index (χ1v) is 8.70. The fourth-order valence-electron chi connectivity index (χ4n) is 2.49. The summed E-state index contributed by atoms with van der Waals surface area (Å²) in [5, 5.41) is 0. The van der Waals surface area contributed by atoms with Crippen LogP contribution >= 0.6 is 0 Å². The number of ether oxygens (including phenoxy) is 3. The summed E-state index contributed by atoms with van der Waals surface area (Å²) in [6.45, 7) is 6.00. The predicted molar refractivity (Wildman–Crippen MR) is 87.8 cm³/mol. The highest BCUT2D eigenvalue weighted by atomic mass is 16.5. The summed E-state index contributed by atoms with van der Waals surface area (Å²) in [7, 11) is 0. The first kappa shape index (κ1) is 20.2. The monoisotopic (exact) mass is 340 g/mol. The molecule has 0 aromatic rings. The van der Waals surface area contributed by atoms with Crippen molar-refractivity contribution in [2.75, 3.05) is 13.2 Å². The van der Waals surface area contributed by atoms with Gasteiger partial charge in [-0.15, -0.1) is 0 Å². The lowest BCUT2D eigenvalue weighted by Gasteiger charge is -2.27. The number of rotatable bonds is 9. The van der Waals surface area contributed by atoms with Gasteiger partial charge in [-0.2, -0.15) is 0 Å². The summed E-state index contributed by atoms with van der Waals surface area (Å²) in [6.07, 6.45) is 5.58. The van der Waals surface area contributed by atoms with Gasteiger partial charge in [0.25, 0.3) is 0 Å². The van der Waals surface area contributed by atoms with E-state index in [-0.39, 0.29) is 12.4 Å². The molecule has 6 nitrogen and oxygen atoms in total. The normalized spacial score (nSPS) is 20.0. The van der Waals surface area contributed by atoms with Gasteiger partial charge >= 0.3 is 17.9 Å². The van der Waals surface area contributed by atoms with E-state index in [1.54, 1.807) is 6.08 Å². The van der Waals surface area contributed by atoms with Crippen molar-refractivity contribution in [3.05, 3.63) is 11.8 Å². The Labute approximate surface area is 143 Å². The molecule has 0 amide bonds.